The number of benzene rings is 2. The maximum atomic E-state index is 13.8. The molecule has 0 fully saturated rings. The first kappa shape index (κ1) is 16.6. The fourth-order valence-electron chi connectivity index (χ4n) is 2.49. The number of aromatic nitrogens is 3. The largest absolute Gasteiger partial charge is 0.302 e. The van der Waals surface area contributed by atoms with E-state index in [1.165, 1.54) is 30.0 Å². The van der Waals surface area contributed by atoms with Crippen LogP contribution in [0.2, 0.25) is 0 Å². The molecule has 0 aliphatic carbocycles. The van der Waals surface area contributed by atoms with Gasteiger partial charge in [-0.3, -0.25) is 0 Å². The van der Waals surface area contributed by atoms with Crippen molar-refractivity contribution in [2.45, 2.75) is 31.3 Å². The van der Waals surface area contributed by atoms with Crippen molar-refractivity contribution in [2.75, 3.05) is 0 Å². The van der Waals surface area contributed by atoms with Gasteiger partial charge in [-0.2, -0.15) is 0 Å². The van der Waals surface area contributed by atoms with Crippen LogP contribution in [0.25, 0.3) is 11.4 Å². The lowest BCUT2D eigenvalue weighted by atomic mass is 10.1. The van der Waals surface area contributed by atoms with Crippen molar-refractivity contribution >= 4 is 11.8 Å². The van der Waals surface area contributed by atoms with Crippen LogP contribution < -0.4 is 0 Å². The Morgan fingerprint density at radius 2 is 1.75 bits per heavy atom. The first-order chi connectivity index (χ1) is 11.6. The third-order valence-corrected chi connectivity index (χ3v) is 4.71. The Balaban J connectivity index is 1.87. The molecule has 0 spiro atoms. The van der Waals surface area contributed by atoms with Crippen LogP contribution >= 0.6 is 11.8 Å². The molecule has 0 aliphatic rings. The summed E-state index contributed by atoms with van der Waals surface area (Å²) in [7, 11) is 0. The summed E-state index contributed by atoms with van der Waals surface area (Å²) >= 11 is 1.28. The summed E-state index contributed by atoms with van der Waals surface area (Å²) in [5, 5.41) is 9.11. The molecule has 2 aromatic carbocycles. The zero-order chi connectivity index (χ0) is 17.1. The summed E-state index contributed by atoms with van der Waals surface area (Å²) in [5.74, 6) is -0.143. The highest BCUT2D eigenvalue weighted by Gasteiger charge is 2.15. The summed E-state index contributed by atoms with van der Waals surface area (Å²) in [5.41, 5.74) is 2.18. The number of hydrogen-bond acceptors (Lipinski definition) is 3. The molecule has 0 unspecified atom stereocenters. The Labute approximate surface area is 143 Å². The van der Waals surface area contributed by atoms with Gasteiger partial charge in [-0.05, 0) is 32.0 Å². The maximum absolute atomic E-state index is 13.8. The van der Waals surface area contributed by atoms with E-state index in [9.17, 15) is 8.78 Å². The SMILES string of the molecule is CCn1c(SCc2c(F)cccc2F)nnc1-c1cccc(C)c1. The summed E-state index contributed by atoms with van der Waals surface area (Å²) < 4.78 is 29.5. The number of rotatable bonds is 5. The molecule has 0 radical (unpaired) electrons. The molecule has 0 saturated carbocycles. The van der Waals surface area contributed by atoms with Gasteiger partial charge in [-0.1, -0.05) is 41.6 Å². The lowest BCUT2D eigenvalue weighted by Gasteiger charge is -2.08. The molecule has 0 atom stereocenters. The average molecular weight is 345 g/mol. The van der Waals surface area contributed by atoms with E-state index in [1.807, 2.05) is 42.7 Å². The van der Waals surface area contributed by atoms with Crippen LogP contribution in [0.3, 0.4) is 0 Å². The van der Waals surface area contributed by atoms with Gasteiger partial charge in [0.15, 0.2) is 11.0 Å². The topological polar surface area (TPSA) is 30.7 Å². The highest BCUT2D eigenvalue weighted by Crippen LogP contribution is 2.28. The fraction of sp³-hybridized carbons (Fsp3) is 0.222. The van der Waals surface area contributed by atoms with E-state index in [0.29, 0.717) is 11.7 Å². The van der Waals surface area contributed by atoms with Crippen molar-refractivity contribution < 1.29 is 8.78 Å². The van der Waals surface area contributed by atoms with Gasteiger partial charge in [0.1, 0.15) is 11.6 Å². The van der Waals surface area contributed by atoms with Crippen molar-refractivity contribution in [2.24, 2.45) is 0 Å². The first-order valence-electron chi connectivity index (χ1n) is 7.66. The van der Waals surface area contributed by atoms with Gasteiger partial charge in [-0.25, -0.2) is 8.78 Å². The molecule has 0 bridgehead atoms. The first-order valence-corrected chi connectivity index (χ1v) is 8.64. The Morgan fingerprint density at radius 1 is 1.04 bits per heavy atom. The Morgan fingerprint density at radius 3 is 2.42 bits per heavy atom. The minimum absolute atomic E-state index is 0.0604. The highest BCUT2D eigenvalue weighted by atomic mass is 32.2. The predicted molar refractivity (Wildman–Crippen MR) is 91.8 cm³/mol. The minimum Gasteiger partial charge on any atom is -0.302 e. The lowest BCUT2D eigenvalue weighted by Crippen LogP contribution is -2.01. The van der Waals surface area contributed by atoms with Crippen LogP contribution in [0.15, 0.2) is 47.6 Å². The second-order valence-corrected chi connectivity index (χ2v) is 6.35. The number of hydrogen-bond donors (Lipinski definition) is 0. The van der Waals surface area contributed by atoms with Crippen LogP contribution in [0.4, 0.5) is 8.78 Å². The Bertz CT molecular complexity index is 841. The second-order valence-electron chi connectivity index (χ2n) is 5.41. The lowest BCUT2D eigenvalue weighted by molar-refractivity contribution is 0.566. The minimum atomic E-state index is -0.538. The van der Waals surface area contributed by atoms with Crippen molar-refractivity contribution in [1.29, 1.82) is 0 Å². The van der Waals surface area contributed by atoms with Gasteiger partial charge >= 0.3 is 0 Å². The van der Waals surface area contributed by atoms with E-state index in [0.717, 1.165) is 17.0 Å². The summed E-state index contributed by atoms with van der Waals surface area (Å²) in [4.78, 5) is 0. The van der Waals surface area contributed by atoms with Gasteiger partial charge in [-0.15, -0.1) is 10.2 Å². The standard InChI is InChI=1S/C18H17F2N3S/c1-3-23-17(13-7-4-6-12(2)10-13)21-22-18(23)24-11-14-15(19)8-5-9-16(14)20/h4-10H,3,11H2,1-2H3. The fourth-order valence-corrected chi connectivity index (χ4v) is 3.50. The van der Waals surface area contributed by atoms with Crippen molar-refractivity contribution in [3.63, 3.8) is 0 Å². The molecule has 0 saturated heterocycles. The molecule has 3 rings (SSSR count). The van der Waals surface area contributed by atoms with Gasteiger partial charge < -0.3 is 4.57 Å². The number of nitrogens with zero attached hydrogens (tertiary/aromatic N) is 3. The van der Waals surface area contributed by atoms with E-state index in [2.05, 4.69) is 10.2 Å². The molecule has 0 amide bonds. The van der Waals surface area contributed by atoms with Gasteiger partial charge in [0.25, 0.3) is 0 Å². The van der Waals surface area contributed by atoms with Crippen LogP contribution in [-0.2, 0) is 12.3 Å². The van der Waals surface area contributed by atoms with Crippen LogP contribution in [0.5, 0.6) is 0 Å². The maximum Gasteiger partial charge on any atom is 0.191 e. The Hall–Kier alpha value is -2.21. The molecule has 1 aromatic heterocycles. The molecular weight excluding hydrogens is 328 g/mol. The summed E-state index contributed by atoms with van der Waals surface area (Å²) in [6.07, 6.45) is 0. The Kier molecular flexibility index (Phi) is 4.94. The van der Waals surface area contributed by atoms with Gasteiger partial charge in [0, 0.05) is 23.4 Å². The molecule has 1 heterocycles. The normalized spacial score (nSPS) is 11.0. The van der Waals surface area contributed by atoms with E-state index in [1.54, 1.807) is 0 Å². The molecule has 3 nitrogen and oxygen atoms in total. The average Bonchev–Trinajstić information content (AvgIpc) is 2.97. The zero-order valence-corrected chi connectivity index (χ0v) is 14.3. The third-order valence-electron chi connectivity index (χ3n) is 3.72. The molecular formula is C18H17F2N3S. The molecule has 24 heavy (non-hydrogen) atoms. The number of aryl methyl sites for hydroxylation is 1. The van der Waals surface area contributed by atoms with Crippen molar-refractivity contribution in [3.05, 3.63) is 65.2 Å². The molecule has 3 aromatic rings. The zero-order valence-electron chi connectivity index (χ0n) is 13.5. The third kappa shape index (κ3) is 3.33. The van der Waals surface area contributed by atoms with Crippen molar-refractivity contribution in [1.82, 2.24) is 14.8 Å². The van der Waals surface area contributed by atoms with Crippen LogP contribution in [-0.4, -0.2) is 14.8 Å². The number of halogens is 2. The van der Waals surface area contributed by atoms with Crippen LogP contribution in [0, 0.1) is 18.6 Å². The van der Waals surface area contributed by atoms with E-state index in [-0.39, 0.29) is 11.3 Å². The second kappa shape index (κ2) is 7.13. The smallest absolute Gasteiger partial charge is 0.191 e. The highest BCUT2D eigenvalue weighted by molar-refractivity contribution is 7.98. The van der Waals surface area contributed by atoms with E-state index >= 15 is 0 Å². The van der Waals surface area contributed by atoms with Crippen molar-refractivity contribution in [3.8, 4) is 11.4 Å². The van der Waals surface area contributed by atoms with E-state index < -0.39 is 11.6 Å². The summed E-state index contributed by atoms with van der Waals surface area (Å²) in [6.45, 7) is 4.70. The van der Waals surface area contributed by atoms with Crippen LogP contribution in [0.1, 0.15) is 18.1 Å². The quantitative estimate of drug-likeness (QED) is 0.620. The monoisotopic (exact) mass is 345 g/mol. The molecule has 0 N–H and O–H groups in total. The predicted octanol–water partition coefficient (Wildman–Crippen LogP) is 4.84. The van der Waals surface area contributed by atoms with Gasteiger partial charge in [0.2, 0.25) is 0 Å². The molecule has 124 valence electrons. The van der Waals surface area contributed by atoms with E-state index in [4.69, 9.17) is 0 Å². The molecule has 0 aliphatic heterocycles. The molecule has 6 heteroatoms. The van der Waals surface area contributed by atoms with Gasteiger partial charge in [0.05, 0.1) is 0 Å². The summed E-state index contributed by atoms with van der Waals surface area (Å²) in [6, 6.07) is 11.9. The number of thioether (sulfide) groups is 1.